The number of thioether (sulfide) groups is 1. The molecular formula is C15H24ClN3OS. The molecule has 0 saturated heterocycles. The standard InChI is InChI=1S/C15H24ClN3OS/c1-3-9-19-15(2,14(17)20)8-4-5-10-21-13-7-6-12(16)11-18-13/h6-7,11,19H,3-5,8-10H2,1-2H3,(H2,17,20). The van der Waals surface area contributed by atoms with Crippen LogP contribution in [0.5, 0.6) is 0 Å². The smallest absolute Gasteiger partial charge is 0.237 e. The Hall–Kier alpha value is -0.780. The normalized spacial score (nSPS) is 13.9. The molecule has 0 fully saturated rings. The van der Waals surface area contributed by atoms with Gasteiger partial charge in [-0.3, -0.25) is 4.79 Å². The highest BCUT2D eigenvalue weighted by atomic mass is 35.5. The van der Waals surface area contributed by atoms with Crippen LogP contribution >= 0.6 is 23.4 Å². The van der Waals surface area contributed by atoms with E-state index in [0.717, 1.165) is 43.0 Å². The van der Waals surface area contributed by atoms with E-state index in [-0.39, 0.29) is 5.91 Å². The van der Waals surface area contributed by atoms with Crippen molar-refractivity contribution in [1.82, 2.24) is 10.3 Å². The van der Waals surface area contributed by atoms with Crippen LogP contribution in [0.3, 0.4) is 0 Å². The molecule has 1 aromatic rings. The number of nitrogens with zero attached hydrogens (tertiary/aromatic N) is 1. The molecule has 0 radical (unpaired) electrons. The summed E-state index contributed by atoms with van der Waals surface area (Å²) in [5.74, 6) is 0.694. The van der Waals surface area contributed by atoms with Crippen molar-refractivity contribution in [3.8, 4) is 0 Å². The summed E-state index contributed by atoms with van der Waals surface area (Å²) >= 11 is 7.49. The molecule has 0 bridgehead atoms. The van der Waals surface area contributed by atoms with Crippen molar-refractivity contribution in [3.05, 3.63) is 23.4 Å². The van der Waals surface area contributed by atoms with Crippen LogP contribution in [0.4, 0.5) is 0 Å². The molecule has 0 aliphatic rings. The van der Waals surface area contributed by atoms with E-state index in [4.69, 9.17) is 17.3 Å². The number of aromatic nitrogens is 1. The fraction of sp³-hybridized carbons (Fsp3) is 0.600. The zero-order valence-electron chi connectivity index (χ0n) is 12.7. The molecule has 4 nitrogen and oxygen atoms in total. The Kier molecular flexibility index (Phi) is 8.07. The number of primary amides is 1. The first-order chi connectivity index (χ1) is 9.98. The molecule has 0 aliphatic carbocycles. The van der Waals surface area contributed by atoms with Crippen LogP contribution < -0.4 is 11.1 Å². The minimum absolute atomic E-state index is 0.275. The summed E-state index contributed by atoms with van der Waals surface area (Å²) in [6, 6.07) is 3.76. The Morgan fingerprint density at radius 3 is 2.81 bits per heavy atom. The van der Waals surface area contributed by atoms with Gasteiger partial charge in [0, 0.05) is 6.20 Å². The van der Waals surface area contributed by atoms with Gasteiger partial charge in [0.25, 0.3) is 0 Å². The number of hydrogen-bond acceptors (Lipinski definition) is 4. The molecular weight excluding hydrogens is 306 g/mol. The van der Waals surface area contributed by atoms with Gasteiger partial charge in [0.2, 0.25) is 5.91 Å². The summed E-state index contributed by atoms with van der Waals surface area (Å²) in [4.78, 5) is 15.8. The van der Waals surface area contributed by atoms with E-state index >= 15 is 0 Å². The minimum atomic E-state index is -0.598. The number of pyridine rings is 1. The molecule has 1 rings (SSSR count). The maximum atomic E-state index is 11.6. The van der Waals surface area contributed by atoms with E-state index in [2.05, 4.69) is 17.2 Å². The number of carbonyl (C=O) groups excluding carboxylic acids is 1. The molecule has 0 aromatic carbocycles. The van der Waals surface area contributed by atoms with Crippen LogP contribution in [0, 0.1) is 0 Å². The number of amides is 1. The highest BCUT2D eigenvalue weighted by Gasteiger charge is 2.29. The quantitative estimate of drug-likeness (QED) is 0.511. The molecule has 21 heavy (non-hydrogen) atoms. The Labute approximate surface area is 136 Å². The molecule has 1 atom stereocenters. The van der Waals surface area contributed by atoms with Crippen LogP contribution in [0.1, 0.15) is 39.5 Å². The van der Waals surface area contributed by atoms with Gasteiger partial charge < -0.3 is 11.1 Å². The maximum absolute atomic E-state index is 11.6. The van der Waals surface area contributed by atoms with E-state index < -0.39 is 5.54 Å². The topological polar surface area (TPSA) is 68.0 Å². The monoisotopic (exact) mass is 329 g/mol. The summed E-state index contributed by atoms with van der Waals surface area (Å²) in [6.45, 7) is 4.77. The van der Waals surface area contributed by atoms with Gasteiger partial charge >= 0.3 is 0 Å². The molecule has 1 unspecified atom stereocenters. The first-order valence-electron chi connectivity index (χ1n) is 7.27. The number of halogens is 1. The van der Waals surface area contributed by atoms with E-state index in [0.29, 0.717) is 5.02 Å². The van der Waals surface area contributed by atoms with Gasteiger partial charge in [-0.15, -0.1) is 11.8 Å². The highest BCUT2D eigenvalue weighted by molar-refractivity contribution is 7.99. The van der Waals surface area contributed by atoms with Gasteiger partial charge in [-0.05, 0) is 50.6 Å². The van der Waals surface area contributed by atoms with Crippen molar-refractivity contribution in [1.29, 1.82) is 0 Å². The van der Waals surface area contributed by atoms with Crippen molar-refractivity contribution < 1.29 is 4.79 Å². The van der Waals surface area contributed by atoms with Crippen LogP contribution in [-0.4, -0.2) is 28.7 Å². The Balaban J connectivity index is 2.28. The van der Waals surface area contributed by atoms with Gasteiger partial charge in [-0.25, -0.2) is 4.98 Å². The van der Waals surface area contributed by atoms with Crippen molar-refractivity contribution in [2.24, 2.45) is 5.73 Å². The maximum Gasteiger partial charge on any atom is 0.237 e. The molecule has 0 saturated carbocycles. The number of carbonyl (C=O) groups is 1. The summed E-state index contributed by atoms with van der Waals surface area (Å²) in [5.41, 5.74) is 4.90. The second-order valence-corrected chi connectivity index (χ2v) is 6.79. The SMILES string of the molecule is CCCNC(C)(CCCCSc1ccc(Cl)cn1)C(N)=O. The van der Waals surface area contributed by atoms with Crippen LogP contribution in [-0.2, 0) is 4.79 Å². The first kappa shape index (κ1) is 18.3. The lowest BCUT2D eigenvalue weighted by atomic mass is 9.94. The highest BCUT2D eigenvalue weighted by Crippen LogP contribution is 2.20. The number of unbranched alkanes of at least 4 members (excludes halogenated alkanes) is 1. The molecule has 1 heterocycles. The largest absolute Gasteiger partial charge is 0.368 e. The number of nitrogens with one attached hydrogen (secondary N) is 1. The van der Waals surface area contributed by atoms with Crippen molar-refractivity contribution in [2.45, 2.75) is 50.1 Å². The van der Waals surface area contributed by atoms with Crippen molar-refractivity contribution in [3.63, 3.8) is 0 Å². The molecule has 1 amide bonds. The average molecular weight is 330 g/mol. The van der Waals surface area contributed by atoms with E-state index in [1.54, 1.807) is 18.0 Å². The summed E-state index contributed by atoms with van der Waals surface area (Å²) in [6.07, 6.45) is 5.38. The number of hydrogen-bond donors (Lipinski definition) is 2. The van der Waals surface area contributed by atoms with E-state index in [9.17, 15) is 4.79 Å². The van der Waals surface area contributed by atoms with Gasteiger partial charge in [-0.1, -0.05) is 24.9 Å². The van der Waals surface area contributed by atoms with Gasteiger partial charge in [0.05, 0.1) is 15.6 Å². The summed E-state index contributed by atoms with van der Waals surface area (Å²) in [5, 5.41) is 4.88. The second-order valence-electron chi connectivity index (χ2n) is 5.24. The molecule has 0 aliphatic heterocycles. The van der Waals surface area contributed by atoms with Gasteiger partial charge in [0.1, 0.15) is 0 Å². The third-order valence-corrected chi connectivity index (χ3v) is 4.58. The predicted octanol–water partition coefficient (Wildman–Crippen LogP) is 3.24. The third kappa shape index (κ3) is 6.68. The Morgan fingerprint density at radius 2 is 2.24 bits per heavy atom. The third-order valence-electron chi connectivity index (χ3n) is 3.33. The van der Waals surface area contributed by atoms with Crippen molar-refractivity contribution >= 4 is 29.3 Å². The lowest BCUT2D eigenvalue weighted by molar-refractivity contribution is -0.124. The lowest BCUT2D eigenvalue weighted by Gasteiger charge is -2.27. The fourth-order valence-electron chi connectivity index (χ4n) is 1.90. The zero-order chi connectivity index (χ0) is 15.7. The lowest BCUT2D eigenvalue weighted by Crippen LogP contribution is -2.53. The van der Waals surface area contributed by atoms with E-state index in [1.165, 1.54) is 0 Å². The Morgan fingerprint density at radius 1 is 1.48 bits per heavy atom. The van der Waals surface area contributed by atoms with Crippen molar-refractivity contribution in [2.75, 3.05) is 12.3 Å². The second kappa shape index (κ2) is 9.28. The number of rotatable bonds is 10. The molecule has 0 spiro atoms. The van der Waals surface area contributed by atoms with Gasteiger partial charge in [0.15, 0.2) is 0 Å². The molecule has 1 aromatic heterocycles. The summed E-state index contributed by atoms with van der Waals surface area (Å²) < 4.78 is 0. The van der Waals surface area contributed by atoms with Crippen LogP contribution in [0.2, 0.25) is 5.02 Å². The van der Waals surface area contributed by atoms with Gasteiger partial charge in [-0.2, -0.15) is 0 Å². The zero-order valence-corrected chi connectivity index (χ0v) is 14.3. The summed E-state index contributed by atoms with van der Waals surface area (Å²) in [7, 11) is 0. The van der Waals surface area contributed by atoms with E-state index in [1.807, 2.05) is 19.1 Å². The molecule has 3 N–H and O–H groups in total. The van der Waals surface area contributed by atoms with Crippen LogP contribution in [0.15, 0.2) is 23.4 Å². The minimum Gasteiger partial charge on any atom is -0.368 e. The fourth-order valence-corrected chi connectivity index (χ4v) is 2.87. The Bertz CT molecular complexity index is 441. The van der Waals surface area contributed by atoms with Crippen LogP contribution in [0.25, 0.3) is 0 Å². The first-order valence-corrected chi connectivity index (χ1v) is 8.63. The predicted molar refractivity (Wildman–Crippen MR) is 89.7 cm³/mol. The number of nitrogens with two attached hydrogens (primary N) is 1. The molecule has 118 valence electrons. The average Bonchev–Trinajstić information content (AvgIpc) is 2.46. The molecule has 6 heteroatoms.